The predicted molar refractivity (Wildman–Crippen MR) is 140 cm³/mol. The zero-order valence-electron chi connectivity index (χ0n) is 21.3. The monoisotopic (exact) mass is 583 g/mol. The number of urea groups is 1. The van der Waals surface area contributed by atoms with Crippen LogP contribution in [-0.4, -0.2) is 37.9 Å². The number of anilines is 2. The number of nitrogens with one attached hydrogen (secondary N) is 2. The fourth-order valence-electron chi connectivity index (χ4n) is 4.51. The Morgan fingerprint density at radius 1 is 0.975 bits per heavy atom. The number of carbonyl (C=O) groups excluding carboxylic acids is 2. The van der Waals surface area contributed by atoms with Crippen molar-refractivity contribution in [1.29, 1.82) is 0 Å². The average Bonchev–Trinajstić information content (AvgIpc) is 2.86. The first-order valence-electron chi connectivity index (χ1n) is 12.1. The molecule has 3 amide bonds. The highest BCUT2D eigenvalue weighted by atomic mass is 31.2. The molecule has 0 bridgehead atoms. The maximum Gasteiger partial charge on any atom is 0.416 e. The highest BCUT2D eigenvalue weighted by Crippen LogP contribution is 2.40. The molecule has 1 aliphatic heterocycles. The summed E-state index contributed by atoms with van der Waals surface area (Å²) < 4.78 is 95.6. The summed E-state index contributed by atoms with van der Waals surface area (Å²) in [6.45, 7) is 3.03. The van der Waals surface area contributed by atoms with Crippen LogP contribution in [0.25, 0.3) is 11.1 Å². The lowest BCUT2D eigenvalue weighted by Crippen LogP contribution is -2.53. The largest absolute Gasteiger partial charge is 0.416 e. The summed E-state index contributed by atoms with van der Waals surface area (Å²) in [5.41, 5.74) is -1.90. The van der Waals surface area contributed by atoms with Crippen molar-refractivity contribution in [2.45, 2.75) is 25.1 Å². The third-order valence-corrected chi connectivity index (χ3v) is 7.92. The van der Waals surface area contributed by atoms with Gasteiger partial charge in [0.05, 0.1) is 11.3 Å². The Labute approximate surface area is 225 Å². The molecule has 0 saturated carbocycles. The van der Waals surface area contributed by atoms with Crippen LogP contribution < -0.4 is 20.8 Å². The van der Waals surface area contributed by atoms with E-state index in [1.807, 2.05) is 5.32 Å². The number of halogens is 6. The van der Waals surface area contributed by atoms with Crippen LogP contribution in [0.15, 0.2) is 54.6 Å². The number of hydrogen-bond acceptors (Lipinski definition) is 3. The molecule has 3 aromatic carbocycles. The highest BCUT2D eigenvalue weighted by molar-refractivity contribution is 7.70. The molecule has 1 heterocycles. The van der Waals surface area contributed by atoms with Crippen molar-refractivity contribution in [1.82, 2.24) is 5.32 Å². The van der Waals surface area contributed by atoms with E-state index >= 15 is 8.78 Å². The van der Waals surface area contributed by atoms with Gasteiger partial charge in [0.1, 0.15) is 24.7 Å². The van der Waals surface area contributed by atoms with Crippen LogP contribution in [0, 0.1) is 17.5 Å². The number of amides is 3. The van der Waals surface area contributed by atoms with Gasteiger partial charge in [-0.2, -0.15) is 13.2 Å². The fourth-order valence-corrected chi connectivity index (χ4v) is 5.74. The Hall–Kier alpha value is -3.79. The molecule has 1 fully saturated rings. The summed E-state index contributed by atoms with van der Waals surface area (Å²) in [5.74, 6) is -4.25. The molecular formula is C27H24F6N3O3P. The second-order valence-electron chi connectivity index (χ2n) is 9.63. The van der Waals surface area contributed by atoms with Crippen molar-refractivity contribution in [3.63, 3.8) is 0 Å². The van der Waals surface area contributed by atoms with Crippen LogP contribution in [0.5, 0.6) is 0 Å². The van der Waals surface area contributed by atoms with Gasteiger partial charge in [-0.25, -0.2) is 18.0 Å². The van der Waals surface area contributed by atoms with E-state index in [2.05, 4.69) is 5.32 Å². The topological polar surface area (TPSA) is 78.5 Å². The maximum atomic E-state index is 15.3. The van der Waals surface area contributed by atoms with Gasteiger partial charge in [0, 0.05) is 11.8 Å². The second kappa shape index (κ2) is 11.0. The van der Waals surface area contributed by atoms with Gasteiger partial charge in [-0.3, -0.25) is 4.79 Å². The van der Waals surface area contributed by atoms with Gasteiger partial charge in [0.2, 0.25) is 5.91 Å². The number of nitrogens with zero attached hydrogens (tertiary/aromatic N) is 1. The SMILES string of the molecule is CP(C)(=O)c1ccccc1-c1cc(F)c(N2CCCC(NC(=O)Nc3ccc(C(F)(F)F)cc3F)C2=O)c(F)c1. The minimum atomic E-state index is -4.78. The summed E-state index contributed by atoms with van der Waals surface area (Å²) in [5, 5.41) is 4.77. The molecule has 1 aliphatic rings. The van der Waals surface area contributed by atoms with E-state index in [0.29, 0.717) is 16.9 Å². The van der Waals surface area contributed by atoms with Gasteiger partial charge in [-0.1, -0.05) is 24.3 Å². The first kappa shape index (κ1) is 29.2. The number of carbonyl (C=O) groups is 2. The first-order valence-corrected chi connectivity index (χ1v) is 14.7. The van der Waals surface area contributed by atoms with Gasteiger partial charge in [0.15, 0.2) is 11.6 Å². The lowest BCUT2D eigenvalue weighted by Gasteiger charge is -2.33. The number of hydrogen-bond donors (Lipinski definition) is 2. The minimum absolute atomic E-state index is 0.0466. The number of alkyl halides is 3. The van der Waals surface area contributed by atoms with Crippen molar-refractivity contribution in [2.24, 2.45) is 0 Å². The van der Waals surface area contributed by atoms with E-state index in [-0.39, 0.29) is 31.0 Å². The van der Waals surface area contributed by atoms with Gasteiger partial charge < -0.3 is 20.1 Å². The van der Waals surface area contributed by atoms with E-state index in [9.17, 15) is 31.7 Å². The van der Waals surface area contributed by atoms with E-state index < -0.39 is 65.7 Å². The smallest absolute Gasteiger partial charge is 0.326 e. The predicted octanol–water partition coefficient (Wildman–Crippen LogP) is 6.35. The lowest BCUT2D eigenvalue weighted by molar-refractivity contribution is -0.137. The number of piperidine rings is 1. The minimum Gasteiger partial charge on any atom is -0.326 e. The third-order valence-electron chi connectivity index (χ3n) is 6.37. The molecule has 1 unspecified atom stereocenters. The molecule has 212 valence electrons. The molecule has 6 nitrogen and oxygen atoms in total. The average molecular weight is 583 g/mol. The van der Waals surface area contributed by atoms with Gasteiger partial charge in [0.25, 0.3) is 0 Å². The molecule has 3 aromatic rings. The number of benzene rings is 3. The molecule has 4 rings (SSSR count). The van der Waals surface area contributed by atoms with Crippen LogP contribution in [0.3, 0.4) is 0 Å². The van der Waals surface area contributed by atoms with Gasteiger partial charge in [-0.05, 0) is 67.6 Å². The highest BCUT2D eigenvalue weighted by Gasteiger charge is 2.35. The molecule has 0 aliphatic carbocycles. The van der Waals surface area contributed by atoms with Crippen LogP contribution in [-0.2, 0) is 15.5 Å². The van der Waals surface area contributed by atoms with E-state index in [1.54, 1.807) is 24.3 Å². The number of rotatable bonds is 5. The van der Waals surface area contributed by atoms with Crippen molar-refractivity contribution in [3.05, 3.63) is 77.6 Å². The Balaban J connectivity index is 1.53. The fraction of sp³-hybridized carbons (Fsp3) is 0.259. The zero-order chi connectivity index (χ0) is 29.4. The molecule has 13 heteroatoms. The van der Waals surface area contributed by atoms with Crippen molar-refractivity contribution >= 4 is 35.8 Å². The molecule has 1 atom stereocenters. The summed E-state index contributed by atoms with van der Waals surface area (Å²) >= 11 is 0. The van der Waals surface area contributed by atoms with E-state index in [0.717, 1.165) is 23.1 Å². The molecule has 1 saturated heterocycles. The Bertz CT molecular complexity index is 1500. The molecule has 40 heavy (non-hydrogen) atoms. The van der Waals surface area contributed by atoms with Crippen LogP contribution in [0.4, 0.5) is 42.5 Å². The van der Waals surface area contributed by atoms with Crippen LogP contribution in [0.1, 0.15) is 18.4 Å². The van der Waals surface area contributed by atoms with Crippen molar-refractivity contribution in [2.75, 3.05) is 30.1 Å². The molecule has 2 N–H and O–H groups in total. The lowest BCUT2D eigenvalue weighted by atomic mass is 10.0. The molecule has 0 spiro atoms. The van der Waals surface area contributed by atoms with Crippen molar-refractivity contribution in [3.8, 4) is 11.1 Å². The Morgan fingerprint density at radius 2 is 1.62 bits per heavy atom. The van der Waals surface area contributed by atoms with Gasteiger partial charge >= 0.3 is 12.2 Å². The molecule has 0 aromatic heterocycles. The quantitative estimate of drug-likeness (QED) is 0.271. The van der Waals surface area contributed by atoms with E-state index in [1.165, 1.54) is 13.3 Å². The van der Waals surface area contributed by atoms with Crippen LogP contribution in [0.2, 0.25) is 0 Å². The normalized spacial score (nSPS) is 16.1. The first-order chi connectivity index (χ1) is 18.7. The zero-order valence-corrected chi connectivity index (χ0v) is 22.2. The Morgan fingerprint density at radius 3 is 2.23 bits per heavy atom. The molecule has 0 radical (unpaired) electrons. The summed E-state index contributed by atoms with van der Waals surface area (Å²) in [4.78, 5) is 26.4. The second-order valence-corrected chi connectivity index (χ2v) is 12.8. The summed E-state index contributed by atoms with van der Waals surface area (Å²) in [7, 11) is -2.79. The van der Waals surface area contributed by atoms with Gasteiger partial charge in [-0.15, -0.1) is 0 Å². The summed E-state index contributed by atoms with van der Waals surface area (Å²) in [6, 6.07) is 7.80. The van der Waals surface area contributed by atoms with Crippen LogP contribution >= 0.6 is 7.14 Å². The van der Waals surface area contributed by atoms with E-state index in [4.69, 9.17) is 0 Å². The van der Waals surface area contributed by atoms with Crippen molar-refractivity contribution < 1.29 is 40.5 Å². The maximum absolute atomic E-state index is 15.3. The third kappa shape index (κ3) is 6.17. The standard InChI is InChI=1S/C27H24F6N3O3P/c1-40(2,39)23-8-4-3-6-17(23)15-12-19(29)24(20(30)13-15)36-11-5-7-22(25(36)37)35-26(38)34-21-10-9-16(14-18(21)28)27(31,32)33/h3-4,6,8-10,12-14,22H,5,7,11H2,1-2H3,(H2,34,35,38). The molecular weight excluding hydrogens is 559 g/mol. The summed E-state index contributed by atoms with van der Waals surface area (Å²) in [6.07, 6.45) is -4.42. The Kier molecular flexibility index (Phi) is 8.03.